The predicted octanol–water partition coefficient (Wildman–Crippen LogP) is 2.78. The maximum absolute atomic E-state index is 13.4. The number of anilines is 1. The molecule has 0 aromatic heterocycles. The number of likely N-dealkylation sites (N-methyl/N-ethyl adjacent to an activating group) is 1. The van der Waals surface area contributed by atoms with E-state index in [9.17, 15) is 18.0 Å². The number of amides is 2. The van der Waals surface area contributed by atoms with Crippen LogP contribution < -0.4 is 14.4 Å². The van der Waals surface area contributed by atoms with Gasteiger partial charge >= 0.3 is 0 Å². The molecular weight excluding hydrogens is 498 g/mol. The van der Waals surface area contributed by atoms with E-state index >= 15 is 0 Å². The zero-order chi connectivity index (χ0) is 23.9. The van der Waals surface area contributed by atoms with E-state index in [0.29, 0.717) is 17.9 Å². The van der Waals surface area contributed by atoms with Crippen LogP contribution in [0.1, 0.15) is 18.9 Å². The standard InChI is InChI=1S/C22H28BrN3O5S/c1-5-20(22(28)24-2)25(14-16-6-12-19(31-3)13-7-16)21(27)15-26(32(4,29)30)18-10-8-17(23)9-11-18/h6-13,20H,5,14-15H2,1-4H3,(H,24,28). The Hall–Kier alpha value is -2.59. The highest BCUT2D eigenvalue weighted by Crippen LogP contribution is 2.22. The summed E-state index contributed by atoms with van der Waals surface area (Å²) in [6, 6.07) is 13.0. The van der Waals surface area contributed by atoms with Gasteiger partial charge in [-0.15, -0.1) is 0 Å². The Morgan fingerprint density at radius 2 is 1.69 bits per heavy atom. The average molecular weight is 526 g/mol. The lowest BCUT2D eigenvalue weighted by molar-refractivity contribution is -0.140. The molecule has 2 rings (SSSR count). The van der Waals surface area contributed by atoms with Gasteiger partial charge in [-0.3, -0.25) is 13.9 Å². The molecule has 0 aliphatic carbocycles. The molecule has 2 aromatic rings. The third-order valence-electron chi connectivity index (χ3n) is 4.94. The summed E-state index contributed by atoms with van der Waals surface area (Å²) in [5.74, 6) is -0.128. The molecule has 1 unspecified atom stereocenters. The molecule has 1 N–H and O–H groups in total. The number of nitrogens with one attached hydrogen (secondary N) is 1. The Balaban J connectivity index is 2.39. The molecule has 0 aliphatic heterocycles. The molecule has 0 saturated heterocycles. The van der Waals surface area contributed by atoms with Crippen LogP contribution in [0, 0.1) is 0 Å². The van der Waals surface area contributed by atoms with Gasteiger partial charge in [0.25, 0.3) is 0 Å². The smallest absolute Gasteiger partial charge is 0.244 e. The molecule has 0 radical (unpaired) electrons. The fraction of sp³-hybridized carbons (Fsp3) is 0.364. The van der Waals surface area contributed by atoms with Gasteiger partial charge in [0.15, 0.2) is 0 Å². The van der Waals surface area contributed by atoms with Crippen LogP contribution in [0.4, 0.5) is 5.69 Å². The quantitative estimate of drug-likeness (QED) is 0.514. The van der Waals surface area contributed by atoms with E-state index in [1.165, 1.54) is 11.9 Å². The summed E-state index contributed by atoms with van der Waals surface area (Å²) in [5, 5.41) is 2.59. The van der Waals surface area contributed by atoms with Crippen molar-refractivity contribution in [2.45, 2.75) is 25.9 Å². The van der Waals surface area contributed by atoms with Gasteiger partial charge in [0.1, 0.15) is 18.3 Å². The molecule has 32 heavy (non-hydrogen) atoms. The Bertz CT molecular complexity index is 1030. The largest absolute Gasteiger partial charge is 0.497 e. The number of sulfonamides is 1. The highest BCUT2D eigenvalue weighted by molar-refractivity contribution is 9.10. The monoisotopic (exact) mass is 525 g/mol. The minimum atomic E-state index is -3.75. The molecule has 10 heteroatoms. The summed E-state index contributed by atoms with van der Waals surface area (Å²) < 4.78 is 32.0. The first-order valence-corrected chi connectivity index (χ1v) is 12.6. The molecule has 0 bridgehead atoms. The van der Waals surface area contributed by atoms with Crippen molar-refractivity contribution in [2.24, 2.45) is 0 Å². The van der Waals surface area contributed by atoms with Crippen molar-refractivity contribution in [1.29, 1.82) is 0 Å². The highest BCUT2D eigenvalue weighted by atomic mass is 79.9. The predicted molar refractivity (Wildman–Crippen MR) is 128 cm³/mol. The fourth-order valence-electron chi connectivity index (χ4n) is 3.23. The van der Waals surface area contributed by atoms with E-state index in [1.807, 2.05) is 0 Å². The first-order valence-electron chi connectivity index (χ1n) is 9.98. The number of nitrogens with zero attached hydrogens (tertiary/aromatic N) is 2. The molecule has 174 valence electrons. The number of hydrogen-bond donors (Lipinski definition) is 1. The minimum Gasteiger partial charge on any atom is -0.497 e. The van der Waals surface area contributed by atoms with Crippen LogP contribution in [-0.4, -0.2) is 58.1 Å². The zero-order valence-corrected chi connectivity index (χ0v) is 20.9. The van der Waals surface area contributed by atoms with Gasteiger partial charge < -0.3 is 15.0 Å². The highest BCUT2D eigenvalue weighted by Gasteiger charge is 2.31. The lowest BCUT2D eigenvalue weighted by Gasteiger charge is -2.32. The van der Waals surface area contributed by atoms with Crippen molar-refractivity contribution < 1.29 is 22.7 Å². The van der Waals surface area contributed by atoms with Crippen LogP contribution in [0.15, 0.2) is 53.0 Å². The third kappa shape index (κ3) is 6.70. The van der Waals surface area contributed by atoms with E-state index in [2.05, 4.69) is 21.2 Å². The van der Waals surface area contributed by atoms with Crippen LogP contribution in [0.5, 0.6) is 5.75 Å². The molecule has 0 fully saturated rings. The van der Waals surface area contributed by atoms with Crippen LogP contribution >= 0.6 is 15.9 Å². The molecule has 1 atom stereocenters. The summed E-state index contributed by atoms with van der Waals surface area (Å²) in [6.07, 6.45) is 1.42. The van der Waals surface area contributed by atoms with Crippen LogP contribution in [0.3, 0.4) is 0 Å². The number of hydrogen-bond acceptors (Lipinski definition) is 5. The van der Waals surface area contributed by atoms with Crippen molar-refractivity contribution in [3.05, 3.63) is 58.6 Å². The van der Waals surface area contributed by atoms with Crippen LogP contribution in [-0.2, 0) is 26.2 Å². The summed E-state index contributed by atoms with van der Waals surface area (Å²) in [5.41, 5.74) is 1.15. The molecule has 2 amide bonds. The molecule has 2 aromatic carbocycles. The van der Waals surface area contributed by atoms with E-state index in [0.717, 1.165) is 20.6 Å². The van der Waals surface area contributed by atoms with Crippen molar-refractivity contribution in [3.63, 3.8) is 0 Å². The van der Waals surface area contributed by atoms with Gasteiger partial charge in [0, 0.05) is 18.1 Å². The van der Waals surface area contributed by atoms with E-state index < -0.39 is 28.5 Å². The zero-order valence-electron chi connectivity index (χ0n) is 18.5. The Kier molecular flexibility index (Phi) is 9.09. The summed E-state index contributed by atoms with van der Waals surface area (Å²) in [4.78, 5) is 27.3. The minimum absolute atomic E-state index is 0.146. The number of carbonyl (C=O) groups excluding carboxylic acids is 2. The second-order valence-electron chi connectivity index (χ2n) is 7.15. The number of ether oxygens (including phenoxy) is 1. The van der Waals surface area contributed by atoms with Gasteiger partial charge in [-0.1, -0.05) is 35.0 Å². The van der Waals surface area contributed by atoms with Gasteiger partial charge in [0.2, 0.25) is 21.8 Å². The Morgan fingerprint density at radius 3 is 2.16 bits per heavy atom. The van der Waals surface area contributed by atoms with Gasteiger partial charge in [-0.2, -0.15) is 0 Å². The number of benzene rings is 2. The number of rotatable bonds is 10. The lowest BCUT2D eigenvalue weighted by Crippen LogP contribution is -2.51. The molecule has 0 aliphatic rings. The lowest BCUT2D eigenvalue weighted by atomic mass is 10.1. The molecular formula is C22H28BrN3O5S. The normalized spacial score (nSPS) is 12.0. The molecule has 0 heterocycles. The van der Waals surface area contributed by atoms with Gasteiger partial charge in [-0.25, -0.2) is 8.42 Å². The maximum atomic E-state index is 13.4. The number of carbonyl (C=O) groups is 2. The van der Waals surface area contributed by atoms with Crippen molar-refractivity contribution in [1.82, 2.24) is 10.2 Å². The fourth-order valence-corrected chi connectivity index (χ4v) is 4.35. The van der Waals surface area contributed by atoms with Crippen LogP contribution in [0.2, 0.25) is 0 Å². The number of methoxy groups -OCH3 is 1. The Morgan fingerprint density at radius 1 is 1.09 bits per heavy atom. The second-order valence-corrected chi connectivity index (χ2v) is 9.98. The molecule has 0 saturated carbocycles. The molecule has 0 spiro atoms. The SMILES string of the molecule is CCC(C(=O)NC)N(Cc1ccc(OC)cc1)C(=O)CN(c1ccc(Br)cc1)S(C)(=O)=O. The van der Waals surface area contributed by atoms with Gasteiger partial charge in [-0.05, 0) is 48.4 Å². The summed E-state index contributed by atoms with van der Waals surface area (Å²) in [6.45, 7) is 1.52. The molecule has 8 nitrogen and oxygen atoms in total. The van der Waals surface area contributed by atoms with E-state index in [-0.39, 0.29) is 12.5 Å². The first-order chi connectivity index (χ1) is 15.1. The first kappa shape index (κ1) is 25.7. The summed E-state index contributed by atoms with van der Waals surface area (Å²) in [7, 11) is -0.679. The second kappa shape index (κ2) is 11.3. The third-order valence-corrected chi connectivity index (χ3v) is 6.61. The van der Waals surface area contributed by atoms with Crippen molar-refractivity contribution in [3.8, 4) is 5.75 Å². The maximum Gasteiger partial charge on any atom is 0.244 e. The van der Waals surface area contributed by atoms with E-state index in [4.69, 9.17) is 4.74 Å². The average Bonchev–Trinajstić information content (AvgIpc) is 2.77. The Labute approximate surface area is 197 Å². The number of halogens is 1. The van der Waals surface area contributed by atoms with E-state index in [1.54, 1.807) is 62.6 Å². The van der Waals surface area contributed by atoms with Crippen molar-refractivity contribution >= 4 is 43.5 Å². The van der Waals surface area contributed by atoms with Crippen LogP contribution in [0.25, 0.3) is 0 Å². The van der Waals surface area contributed by atoms with Crippen molar-refractivity contribution in [2.75, 3.05) is 31.3 Å². The van der Waals surface area contributed by atoms with Gasteiger partial charge in [0.05, 0.1) is 19.1 Å². The topological polar surface area (TPSA) is 96.0 Å². The summed E-state index contributed by atoms with van der Waals surface area (Å²) >= 11 is 3.32.